The summed E-state index contributed by atoms with van der Waals surface area (Å²) in [7, 11) is 0. The molecule has 21 heavy (non-hydrogen) atoms. The van der Waals surface area contributed by atoms with Gasteiger partial charge < -0.3 is 10.0 Å². The molecular weight excluding hydrogens is 268 g/mol. The van der Waals surface area contributed by atoms with Crippen LogP contribution in [0.2, 0.25) is 0 Å². The van der Waals surface area contributed by atoms with Crippen molar-refractivity contribution in [2.45, 2.75) is 25.4 Å². The zero-order valence-electron chi connectivity index (χ0n) is 11.5. The molecule has 0 aromatic heterocycles. The van der Waals surface area contributed by atoms with Crippen LogP contribution in [-0.2, 0) is 4.84 Å². The summed E-state index contributed by atoms with van der Waals surface area (Å²) in [5.41, 5.74) is 1.06. The molecule has 108 valence electrons. The molecule has 0 saturated heterocycles. The highest BCUT2D eigenvalue weighted by atomic mass is 16.6. The Morgan fingerprint density at radius 3 is 2.76 bits per heavy atom. The lowest BCUT2D eigenvalue weighted by Gasteiger charge is -2.22. The molecule has 0 radical (unpaired) electrons. The monoisotopic (exact) mass is 284 g/mol. The van der Waals surface area contributed by atoms with Gasteiger partial charge >= 0.3 is 0 Å². The molecule has 2 aliphatic carbocycles. The van der Waals surface area contributed by atoms with E-state index in [1.165, 1.54) is 6.42 Å². The number of Topliss-reactive ketones (excluding diaryl/α,β-unsaturated/α-hetero) is 1. The number of nitrogens with zero attached hydrogens (tertiary/aromatic N) is 2. The predicted molar refractivity (Wildman–Crippen MR) is 76.6 cm³/mol. The maximum absolute atomic E-state index is 12.5. The highest BCUT2D eigenvalue weighted by molar-refractivity contribution is 6.70. The van der Waals surface area contributed by atoms with Gasteiger partial charge in [0.2, 0.25) is 5.78 Å². The summed E-state index contributed by atoms with van der Waals surface area (Å²) in [6, 6.07) is 8.84. The molecular formula is C16H16N2O3. The van der Waals surface area contributed by atoms with E-state index in [0.717, 1.165) is 12.8 Å². The van der Waals surface area contributed by atoms with Gasteiger partial charge in [0.05, 0.1) is 0 Å². The van der Waals surface area contributed by atoms with Crippen LogP contribution >= 0.6 is 0 Å². The smallest absolute Gasteiger partial charge is 0.216 e. The largest absolute Gasteiger partial charge is 0.410 e. The van der Waals surface area contributed by atoms with E-state index < -0.39 is 0 Å². The number of ketones is 1. The SMILES string of the molecule is O=C(/C(=N\O)C1=NO[C@H]2[C@@H]3CC[C@@H](C3)[C@@H]12)c1ccccc1. The highest BCUT2D eigenvalue weighted by Crippen LogP contribution is 2.52. The van der Waals surface area contributed by atoms with Crippen molar-refractivity contribution < 1.29 is 14.8 Å². The van der Waals surface area contributed by atoms with Crippen LogP contribution in [0.3, 0.4) is 0 Å². The molecule has 1 aromatic carbocycles. The van der Waals surface area contributed by atoms with Crippen molar-refractivity contribution >= 4 is 17.2 Å². The van der Waals surface area contributed by atoms with E-state index in [9.17, 15) is 10.0 Å². The van der Waals surface area contributed by atoms with Gasteiger partial charge in [-0.25, -0.2) is 0 Å². The van der Waals surface area contributed by atoms with Crippen LogP contribution in [0, 0.1) is 17.8 Å². The summed E-state index contributed by atoms with van der Waals surface area (Å²) in [6.45, 7) is 0. The lowest BCUT2D eigenvalue weighted by molar-refractivity contribution is 0.0275. The van der Waals surface area contributed by atoms with E-state index in [-0.39, 0.29) is 23.5 Å². The lowest BCUT2D eigenvalue weighted by Crippen LogP contribution is -2.36. The molecule has 2 fully saturated rings. The third kappa shape index (κ3) is 1.80. The summed E-state index contributed by atoms with van der Waals surface area (Å²) < 4.78 is 0. The summed E-state index contributed by atoms with van der Waals surface area (Å²) >= 11 is 0. The van der Waals surface area contributed by atoms with E-state index in [2.05, 4.69) is 10.3 Å². The van der Waals surface area contributed by atoms with E-state index in [0.29, 0.717) is 23.1 Å². The number of hydrogen-bond acceptors (Lipinski definition) is 5. The molecule has 2 bridgehead atoms. The van der Waals surface area contributed by atoms with E-state index in [4.69, 9.17) is 4.84 Å². The maximum atomic E-state index is 12.5. The number of hydrogen-bond donors (Lipinski definition) is 1. The van der Waals surface area contributed by atoms with Gasteiger partial charge in [-0.2, -0.15) is 0 Å². The minimum absolute atomic E-state index is 0.0289. The van der Waals surface area contributed by atoms with Gasteiger partial charge in [-0.05, 0) is 31.1 Å². The Kier molecular flexibility index (Phi) is 2.80. The minimum Gasteiger partial charge on any atom is -0.410 e. The van der Waals surface area contributed by atoms with Crippen LogP contribution in [0.15, 0.2) is 40.6 Å². The van der Waals surface area contributed by atoms with E-state index in [1.54, 1.807) is 24.3 Å². The van der Waals surface area contributed by atoms with Gasteiger partial charge in [0, 0.05) is 11.5 Å². The Labute approximate surface area is 122 Å². The van der Waals surface area contributed by atoms with Crippen LogP contribution in [0.4, 0.5) is 0 Å². The first-order chi connectivity index (χ1) is 10.3. The van der Waals surface area contributed by atoms with Crippen molar-refractivity contribution in [2.75, 3.05) is 0 Å². The Morgan fingerprint density at radius 1 is 1.24 bits per heavy atom. The van der Waals surface area contributed by atoms with Crippen LogP contribution in [-0.4, -0.2) is 28.5 Å². The summed E-state index contributed by atoms with van der Waals surface area (Å²) in [6.07, 6.45) is 3.52. The topological polar surface area (TPSA) is 71.2 Å². The zero-order chi connectivity index (χ0) is 14.4. The lowest BCUT2D eigenvalue weighted by atomic mass is 9.81. The maximum Gasteiger partial charge on any atom is 0.216 e. The number of benzene rings is 1. The third-order valence-corrected chi connectivity index (χ3v) is 5.02. The van der Waals surface area contributed by atoms with Gasteiger partial charge in [-0.1, -0.05) is 40.6 Å². The number of fused-ring (bicyclic) bond motifs is 5. The molecule has 1 aromatic rings. The molecule has 3 aliphatic rings. The standard InChI is InChI=1S/C16H16N2O3/c19-15(9-4-2-1-3-5-9)14(17-20)13-12-10-6-7-11(8-10)16(12)21-18-13/h1-5,10-12,16,20H,6-8H2/b17-14-/t10-,11+,12-,16-/m0/s1. The highest BCUT2D eigenvalue weighted by Gasteiger charge is 2.55. The van der Waals surface area contributed by atoms with Crippen molar-refractivity contribution in [3.8, 4) is 0 Å². The first-order valence-corrected chi connectivity index (χ1v) is 7.35. The predicted octanol–water partition coefficient (Wildman–Crippen LogP) is 2.50. The third-order valence-electron chi connectivity index (χ3n) is 5.02. The molecule has 0 amide bonds. The molecule has 5 heteroatoms. The molecule has 0 spiro atoms. The second-order valence-corrected chi connectivity index (χ2v) is 6.05. The molecule has 4 atom stereocenters. The van der Waals surface area contributed by atoms with Gasteiger partial charge in [0.25, 0.3) is 0 Å². The second-order valence-electron chi connectivity index (χ2n) is 6.05. The van der Waals surface area contributed by atoms with Crippen molar-refractivity contribution in [3.63, 3.8) is 0 Å². The Hall–Kier alpha value is -2.17. The fourth-order valence-electron chi connectivity index (χ4n) is 4.09. The normalized spacial score (nSPS) is 33.5. The Morgan fingerprint density at radius 2 is 2.00 bits per heavy atom. The van der Waals surface area contributed by atoms with Gasteiger partial charge in [0.1, 0.15) is 11.8 Å². The quantitative estimate of drug-likeness (QED) is 0.401. The molecule has 1 aliphatic heterocycles. The summed E-state index contributed by atoms with van der Waals surface area (Å²) in [5.74, 6) is 0.848. The van der Waals surface area contributed by atoms with E-state index in [1.807, 2.05) is 6.07 Å². The fourth-order valence-corrected chi connectivity index (χ4v) is 4.09. The first-order valence-electron chi connectivity index (χ1n) is 7.35. The van der Waals surface area contributed by atoms with Crippen molar-refractivity contribution in [3.05, 3.63) is 35.9 Å². The van der Waals surface area contributed by atoms with Crippen molar-refractivity contribution in [2.24, 2.45) is 28.1 Å². The number of carbonyl (C=O) groups is 1. The van der Waals surface area contributed by atoms with Crippen LogP contribution in [0.1, 0.15) is 29.6 Å². The van der Waals surface area contributed by atoms with Crippen LogP contribution in [0.5, 0.6) is 0 Å². The molecule has 4 rings (SSSR count). The first kappa shape index (κ1) is 12.6. The van der Waals surface area contributed by atoms with Crippen LogP contribution < -0.4 is 0 Å². The fraction of sp³-hybridized carbons (Fsp3) is 0.438. The average Bonchev–Trinajstić information content (AvgIpc) is 3.22. The Bertz CT molecular complexity index is 638. The molecule has 1 heterocycles. The summed E-state index contributed by atoms with van der Waals surface area (Å²) in [4.78, 5) is 18.1. The van der Waals surface area contributed by atoms with Gasteiger partial charge in [0.15, 0.2) is 5.71 Å². The number of rotatable bonds is 3. The molecule has 5 nitrogen and oxygen atoms in total. The zero-order valence-corrected chi connectivity index (χ0v) is 11.5. The number of oxime groups is 2. The van der Waals surface area contributed by atoms with Gasteiger partial charge in [-0.3, -0.25) is 4.79 Å². The number of carbonyl (C=O) groups excluding carboxylic acids is 1. The second kappa shape index (κ2) is 4.69. The Balaban J connectivity index is 1.64. The molecule has 2 saturated carbocycles. The average molecular weight is 284 g/mol. The molecule has 0 unspecified atom stereocenters. The van der Waals surface area contributed by atoms with Gasteiger partial charge in [-0.15, -0.1) is 0 Å². The van der Waals surface area contributed by atoms with Crippen molar-refractivity contribution in [1.29, 1.82) is 0 Å². The molecule has 1 N–H and O–H groups in total. The van der Waals surface area contributed by atoms with Crippen molar-refractivity contribution in [1.82, 2.24) is 0 Å². The minimum atomic E-state index is -0.302. The van der Waals surface area contributed by atoms with E-state index >= 15 is 0 Å². The summed E-state index contributed by atoms with van der Waals surface area (Å²) in [5, 5.41) is 16.7. The van der Waals surface area contributed by atoms with Crippen LogP contribution in [0.25, 0.3) is 0 Å².